The number of hydrogen-bond donors (Lipinski definition) is 1. The van der Waals surface area contributed by atoms with E-state index in [0.29, 0.717) is 11.3 Å². The van der Waals surface area contributed by atoms with Crippen molar-refractivity contribution in [1.82, 2.24) is 14.6 Å². The van der Waals surface area contributed by atoms with Crippen molar-refractivity contribution in [2.24, 2.45) is 0 Å². The highest BCUT2D eigenvalue weighted by molar-refractivity contribution is 5.90. The summed E-state index contributed by atoms with van der Waals surface area (Å²) in [6, 6.07) is 1.87. The molecule has 0 aliphatic heterocycles. The van der Waals surface area contributed by atoms with Crippen LogP contribution < -0.4 is 5.73 Å². The Morgan fingerprint density at radius 3 is 3.06 bits per heavy atom. The van der Waals surface area contributed by atoms with Crippen molar-refractivity contribution in [1.29, 1.82) is 0 Å². The van der Waals surface area contributed by atoms with Gasteiger partial charge in [-0.3, -0.25) is 0 Å². The van der Waals surface area contributed by atoms with Gasteiger partial charge in [-0.15, -0.1) is 0 Å². The molecule has 0 radical (unpaired) electrons. The number of ether oxygens (including phenoxy) is 1. The molecule has 2 heterocycles. The summed E-state index contributed by atoms with van der Waals surface area (Å²) in [4.78, 5) is 15.0. The summed E-state index contributed by atoms with van der Waals surface area (Å²) >= 11 is 0. The third-order valence-corrected chi connectivity index (χ3v) is 2.39. The fourth-order valence-corrected chi connectivity index (χ4v) is 1.61. The van der Waals surface area contributed by atoms with E-state index in [9.17, 15) is 4.79 Å². The Balaban J connectivity index is 2.55. The molecule has 0 spiro atoms. The summed E-state index contributed by atoms with van der Waals surface area (Å²) in [6.07, 6.45) is 4.36. The molecule has 17 heavy (non-hydrogen) atoms. The van der Waals surface area contributed by atoms with Crippen molar-refractivity contribution < 1.29 is 9.53 Å². The molecule has 88 valence electrons. The van der Waals surface area contributed by atoms with E-state index in [0.717, 1.165) is 11.3 Å². The van der Waals surface area contributed by atoms with Gasteiger partial charge in [-0.05, 0) is 19.1 Å². The number of esters is 1. The van der Waals surface area contributed by atoms with E-state index in [1.807, 2.05) is 13.0 Å². The highest BCUT2D eigenvalue weighted by Crippen LogP contribution is 2.20. The Morgan fingerprint density at radius 2 is 2.35 bits per heavy atom. The van der Waals surface area contributed by atoms with Gasteiger partial charge in [0, 0.05) is 17.3 Å². The minimum Gasteiger partial charge on any atom is -0.466 e. The van der Waals surface area contributed by atoms with Crippen LogP contribution in [0.3, 0.4) is 0 Å². The van der Waals surface area contributed by atoms with Crippen molar-refractivity contribution in [2.75, 3.05) is 12.8 Å². The average molecular weight is 232 g/mol. The van der Waals surface area contributed by atoms with E-state index in [1.165, 1.54) is 19.5 Å². The normalized spacial score (nSPS) is 11.2. The van der Waals surface area contributed by atoms with Crippen LogP contribution in [0.2, 0.25) is 0 Å². The van der Waals surface area contributed by atoms with Crippen LogP contribution in [0.5, 0.6) is 0 Å². The van der Waals surface area contributed by atoms with Gasteiger partial charge in [0.15, 0.2) is 5.82 Å². The molecule has 0 bridgehead atoms. The van der Waals surface area contributed by atoms with Gasteiger partial charge in [0.05, 0.1) is 7.11 Å². The molecule has 0 fully saturated rings. The zero-order chi connectivity index (χ0) is 12.4. The first-order valence-corrected chi connectivity index (χ1v) is 4.98. The summed E-state index contributed by atoms with van der Waals surface area (Å²) in [7, 11) is 1.33. The largest absolute Gasteiger partial charge is 0.466 e. The molecule has 0 unspecified atom stereocenters. The van der Waals surface area contributed by atoms with Crippen molar-refractivity contribution >= 4 is 23.4 Å². The first-order valence-electron chi connectivity index (χ1n) is 4.98. The number of nitrogen functional groups attached to an aromatic ring is 1. The van der Waals surface area contributed by atoms with Crippen molar-refractivity contribution in [2.45, 2.75) is 6.92 Å². The van der Waals surface area contributed by atoms with E-state index in [4.69, 9.17) is 5.73 Å². The lowest BCUT2D eigenvalue weighted by Crippen LogP contribution is -2.00. The van der Waals surface area contributed by atoms with Gasteiger partial charge in [0.1, 0.15) is 11.8 Å². The number of anilines is 1. The monoisotopic (exact) mass is 232 g/mol. The molecule has 2 aromatic rings. The van der Waals surface area contributed by atoms with Crippen molar-refractivity contribution in [3.63, 3.8) is 0 Å². The van der Waals surface area contributed by atoms with Crippen molar-refractivity contribution in [3.8, 4) is 0 Å². The van der Waals surface area contributed by atoms with Gasteiger partial charge in [-0.25, -0.2) is 14.3 Å². The quantitative estimate of drug-likeness (QED) is 0.612. The molecule has 6 heteroatoms. The predicted molar refractivity (Wildman–Crippen MR) is 63.2 cm³/mol. The van der Waals surface area contributed by atoms with Crippen LogP contribution in [-0.4, -0.2) is 27.7 Å². The molecule has 6 nitrogen and oxygen atoms in total. The molecule has 2 rings (SSSR count). The first-order chi connectivity index (χ1) is 8.13. The van der Waals surface area contributed by atoms with E-state index in [-0.39, 0.29) is 0 Å². The number of carbonyl (C=O) groups excluding carboxylic acids is 1. The third-order valence-electron chi connectivity index (χ3n) is 2.39. The van der Waals surface area contributed by atoms with E-state index in [1.54, 1.807) is 10.6 Å². The summed E-state index contributed by atoms with van der Waals surface area (Å²) in [5.41, 5.74) is 8.17. The maximum atomic E-state index is 11.0. The first kappa shape index (κ1) is 11.1. The SMILES string of the molecule is COC(=O)/C=C/c1cc(C)n2ncnc(N)c12. The number of aromatic nitrogens is 3. The van der Waals surface area contributed by atoms with E-state index >= 15 is 0 Å². The number of hydrogen-bond acceptors (Lipinski definition) is 5. The number of aryl methyl sites for hydroxylation is 1. The van der Waals surface area contributed by atoms with Gasteiger partial charge in [-0.2, -0.15) is 5.10 Å². The molecule has 0 amide bonds. The Hall–Kier alpha value is -2.37. The smallest absolute Gasteiger partial charge is 0.330 e. The highest BCUT2D eigenvalue weighted by atomic mass is 16.5. The lowest BCUT2D eigenvalue weighted by atomic mass is 10.2. The number of fused-ring (bicyclic) bond motifs is 1. The van der Waals surface area contributed by atoms with Crippen LogP contribution in [-0.2, 0) is 9.53 Å². The topological polar surface area (TPSA) is 82.5 Å². The predicted octanol–water partition coefficient (Wildman–Crippen LogP) is 0.806. The maximum Gasteiger partial charge on any atom is 0.330 e. The molecule has 2 aromatic heterocycles. The van der Waals surface area contributed by atoms with Gasteiger partial charge < -0.3 is 10.5 Å². The zero-order valence-electron chi connectivity index (χ0n) is 9.54. The molecule has 0 saturated carbocycles. The Morgan fingerprint density at radius 1 is 1.59 bits per heavy atom. The summed E-state index contributed by atoms with van der Waals surface area (Å²) in [5, 5.41) is 4.08. The number of rotatable bonds is 2. The van der Waals surface area contributed by atoms with Gasteiger partial charge >= 0.3 is 5.97 Å². The standard InChI is InChI=1S/C11H12N4O2/c1-7-5-8(3-4-9(16)17-2)10-11(12)13-6-14-15(7)10/h3-6H,1-2H3,(H2,12,13,14)/b4-3+. The maximum absolute atomic E-state index is 11.0. The van der Waals surface area contributed by atoms with Crippen LogP contribution in [0, 0.1) is 6.92 Å². The van der Waals surface area contributed by atoms with Crippen LogP contribution in [0.15, 0.2) is 18.5 Å². The summed E-state index contributed by atoms with van der Waals surface area (Å²) < 4.78 is 6.21. The molecule has 0 aliphatic carbocycles. The second-order valence-electron chi connectivity index (χ2n) is 3.50. The lowest BCUT2D eigenvalue weighted by molar-refractivity contribution is -0.134. The van der Waals surface area contributed by atoms with E-state index in [2.05, 4.69) is 14.8 Å². The van der Waals surface area contributed by atoms with Gasteiger partial charge in [-0.1, -0.05) is 0 Å². The molecule has 0 aliphatic rings. The van der Waals surface area contributed by atoms with Gasteiger partial charge in [0.2, 0.25) is 0 Å². The highest BCUT2D eigenvalue weighted by Gasteiger charge is 2.08. The Bertz CT molecular complexity index is 601. The summed E-state index contributed by atoms with van der Waals surface area (Å²) in [6.45, 7) is 1.90. The molecule has 0 atom stereocenters. The third kappa shape index (κ3) is 1.96. The van der Waals surface area contributed by atoms with E-state index < -0.39 is 5.97 Å². The van der Waals surface area contributed by atoms with Gasteiger partial charge in [0.25, 0.3) is 0 Å². The second kappa shape index (κ2) is 4.25. The van der Waals surface area contributed by atoms with Crippen LogP contribution in [0.25, 0.3) is 11.6 Å². The number of nitrogens with two attached hydrogens (primary N) is 1. The minimum absolute atomic E-state index is 0.373. The van der Waals surface area contributed by atoms with Crippen LogP contribution in [0.4, 0.5) is 5.82 Å². The number of nitrogens with zero attached hydrogens (tertiary/aromatic N) is 3. The Labute approximate surface area is 97.7 Å². The van der Waals surface area contributed by atoms with Crippen LogP contribution in [0.1, 0.15) is 11.3 Å². The zero-order valence-corrected chi connectivity index (χ0v) is 9.54. The van der Waals surface area contributed by atoms with Crippen molar-refractivity contribution in [3.05, 3.63) is 29.7 Å². The molecule has 0 saturated heterocycles. The lowest BCUT2D eigenvalue weighted by Gasteiger charge is -1.98. The number of methoxy groups -OCH3 is 1. The van der Waals surface area contributed by atoms with Crippen LogP contribution >= 0.6 is 0 Å². The second-order valence-corrected chi connectivity index (χ2v) is 3.50. The average Bonchev–Trinajstić information content (AvgIpc) is 2.65. The molecular weight excluding hydrogens is 220 g/mol. The fraction of sp³-hybridized carbons (Fsp3) is 0.182. The molecule has 2 N–H and O–H groups in total. The fourth-order valence-electron chi connectivity index (χ4n) is 1.61. The minimum atomic E-state index is -0.419. The summed E-state index contributed by atoms with van der Waals surface area (Å²) in [5.74, 6) is -0.0463. The number of carbonyl (C=O) groups is 1. The molecular formula is C11H12N4O2. The molecule has 0 aromatic carbocycles. The Kier molecular flexibility index (Phi) is 2.78.